The molecule has 2 aromatic rings. The van der Waals surface area contributed by atoms with Gasteiger partial charge in [0.15, 0.2) is 0 Å². The van der Waals surface area contributed by atoms with Gasteiger partial charge in [-0.05, 0) is 36.1 Å². The molecular weight excluding hydrogens is 383 g/mol. The molecule has 0 saturated carbocycles. The lowest BCUT2D eigenvalue weighted by atomic mass is 10.0. The predicted molar refractivity (Wildman–Crippen MR) is 89.9 cm³/mol. The average Bonchev–Trinajstić information content (AvgIpc) is 2.45. The highest BCUT2D eigenvalue weighted by atomic mass is 79.9. The quantitative estimate of drug-likeness (QED) is 0.509. The van der Waals surface area contributed by atoms with Crippen LogP contribution >= 0.6 is 31.9 Å². The Labute approximate surface area is 136 Å². The van der Waals surface area contributed by atoms with Crippen LogP contribution in [0.4, 0.5) is 4.39 Å². The molecule has 0 fully saturated rings. The summed E-state index contributed by atoms with van der Waals surface area (Å²) in [6.45, 7) is 2.19. The molecule has 0 aliphatic rings. The van der Waals surface area contributed by atoms with E-state index in [0.29, 0.717) is 5.56 Å². The highest BCUT2D eigenvalue weighted by Crippen LogP contribution is 2.33. The second-order valence-electron chi connectivity index (χ2n) is 4.87. The SMILES string of the molecule is CCCCc1ccc(C(Br)c2ccc(Br)cc2F)cc1. The first-order chi connectivity index (χ1) is 9.61. The van der Waals surface area contributed by atoms with E-state index in [1.807, 2.05) is 12.1 Å². The van der Waals surface area contributed by atoms with Crippen molar-refractivity contribution < 1.29 is 4.39 Å². The minimum Gasteiger partial charge on any atom is -0.207 e. The van der Waals surface area contributed by atoms with Gasteiger partial charge in [0.1, 0.15) is 5.82 Å². The van der Waals surface area contributed by atoms with Crippen LogP contribution in [0.1, 0.15) is 41.3 Å². The van der Waals surface area contributed by atoms with Crippen LogP contribution in [-0.2, 0) is 6.42 Å². The second-order valence-corrected chi connectivity index (χ2v) is 6.70. The third-order valence-electron chi connectivity index (χ3n) is 3.33. The summed E-state index contributed by atoms with van der Waals surface area (Å²) in [5, 5.41) is 0. The maximum atomic E-state index is 14.0. The van der Waals surface area contributed by atoms with Crippen LogP contribution in [0.15, 0.2) is 46.9 Å². The van der Waals surface area contributed by atoms with Crippen LogP contribution in [0.3, 0.4) is 0 Å². The zero-order valence-electron chi connectivity index (χ0n) is 11.4. The van der Waals surface area contributed by atoms with E-state index in [1.54, 1.807) is 0 Å². The molecule has 20 heavy (non-hydrogen) atoms. The fourth-order valence-corrected chi connectivity index (χ4v) is 3.13. The van der Waals surface area contributed by atoms with Gasteiger partial charge < -0.3 is 0 Å². The Balaban J connectivity index is 2.18. The molecule has 0 spiro atoms. The van der Waals surface area contributed by atoms with Gasteiger partial charge in [-0.3, -0.25) is 0 Å². The van der Waals surface area contributed by atoms with Crippen LogP contribution in [0.25, 0.3) is 0 Å². The maximum Gasteiger partial charge on any atom is 0.129 e. The van der Waals surface area contributed by atoms with Crippen molar-refractivity contribution in [2.45, 2.75) is 31.0 Å². The van der Waals surface area contributed by atoms with Crippen molar-refractivity contribution in [1.82, 2.24) is 0 Å². The summed E-state index contributed by atoms with van der Waals surface area (Å²) in [5.41, 5.74) is 3.08. The molecule has 2 aromatic carbocycles. The number of benzene rings is 2. The summed E-state index contributed by atoms with van der Waals surface area (Å²) in [6.07, 6.45) is 3.52. The lowest BCUT2D eigenvalue weighted by Gasteiger charge is -2.13. The minimum atomic E-state index is -0.198. The lowest BCUT2D eigenvalue weighted by Crippen LogP contribution is -1.97. The normalized spacial score (nSPS) is 12.4. The molecule has 0 radical (unpaired) electrons. The minimum absolute atomic E-state index is 0.115. The number of rotatable bonds is 5. The highest BCUT2D eigenvalue weighted by Gasteiger charge is 2.14. The van der Waals surface area contributed by atoms with E-state index in [-0.39, 0.29) is 10.6 Å². The van der Waals surface area contributed by atoms with Crippen molar-refractivity contribution in [3.8, 4) is 0 Å². The zero-order valence-corrected chi connectivity index (χ0v) is 14.5. The van der Waals surface area contributed by atoms with Crippen LogP contribution in [0.2, 0.25) is 0 Å². The molecule has 1 atom stereocenters. The molecule has 0 saturated heterocycles. The van der Waals surface area contributed by atoms with Crippen molar-refractivity contribution in [3.05, 3.63) is 69.4 Å². The predicted octanol–water partition coefficient (Wildman–Crippen LogP) is 6.42. The molecule has 0 heterocycles. The Bertz CT molecular complexity index is 564. The standard InChI is InChI=1S/C17H17Br2F/c1-2-3-4-12-5-7-13(8-6-12)17(19)15-10-9-14(18)11-16(15)20/h5-11,17H,2-4H2,1H3. The summed E-state index contributed by atoms with van der Waals surface area (Å²) in [6, 6.07) is 13.6. The van der Waals surface area contributed by atoms with E-state index >= 15 is 0 Å². The monoisotopic (exact) mass is 398 g/mol. The van der Waals surface area contributed by atoms with Gasteiger partial charge in [-0.25, -0.2) is 4.39 Å². The number of hydrogen-bond acceptors (Lipinski definition) is 0. The topological polar surface area (TPSA) is 0 Å². The van der Waals surface area contributed by atoms with E-state index in [4.69, 9.17) is 0 Å². The van der Waals surface area contributed by atoms with E-state index < -0.39 is 0 Å². The Morgan fingerprint density at radius 2 is 1.80 bits per heavy atom. The van der Waals surface area contributed by atoms with Crippen molar-refractivity contribution >= 4 is 31.9 Å². The fraction of sp³-hybridized carbons (Fsp3) is 0.294. The molecule has 1 unspecified atom stereocenters. The van der Waals surface area contributed by atoms with Gasteiger partial charge in [0.05, 0.1) is 4.83 Å². The zero-order chi connectivity index (χ0) is 14.5. The van der Waals surface area contributed by atoms with Gasteiger partial charge >= 0.3 is 0 Å². The maximum absolute atomic E-state index is 14.0. The largest absolute Gasteiger partial charge is 0.207 e. The molecule has 0 aliphatic heterocycles. The Morgan fingerprint density at radius 3 is 2.40 bits per heavy atom. The average molecular weight is 400 g/mol. The van der Waals surface area contributed by atoms with Gasteiger partial charge in [0.2, 0.25) is 0 Å². The number of alkyl halides is 1. The smallest absolute Gasteiger partial charge is 0.129 e. The summed E-state index contributed by atoms with van der Waals surface area (Å²) >= 11 is 6.87. The van der Waals surface area contributed by atoms with Gasteiger partial charge in [-0.15, -0.1) is 0 Å². The Hall–Kier alpha value is -0.670. The molecule has 0 nitrogen and oxygen atoms in total. The first kappa shape index (κ1) is 15.7. The molecule has 106 valence electrons. The molecule has 0 aromatic heterocycles. The van der Waals surface area contributed by atoms with E-state index in [1.165, 1.54) is 24.5 Å². The first-order valence-corrected chi connectivity index (χ1v) is 8.50. The molecule has 2 rings (SSSR count). The van der Waals surface area contributed by atoms with Crippen molar-refractivity contribution in [3.63, 3.8) is 0 Å². The van der Waals surface area contributed by atoms with Gasteiger partial charge in [-0.2, -0.15) is 0 Å². The van der Waals surface area contributed by atoms with Gasteiger partial charge in [0.25, 0.3) is 0 Å². The molecule has 0 bridgehead atoms. The third kappa shape index (κ3) is 3.92. The number of aryl methyl sites for hydroxylation is 1. The molecular formula is C17H17Br2F. The number of halogens is 3. The molecule has 0 N–H and O–H groups in total. The Morgan fingerprint density at radius 1 is 1.10 bits per heavy atom. The molecule has 3 heteroatoms. The van der Waals surface area contributed by atoms with Crippen LogP contribution in [0, 0.1) is 5.82 Å². The first-order valence-electron chi connectivity index (χ1n) is 6.79. The van der Waals surface area contributed by atoms with E-state index in [0.717, 1.165) is 16.5 Å². The summed E-state index contributed by atoms with van der Waals surface area (Å²) in [4.78, 5) is -0.115. The number of unbranched alkanes of at least 4 members (excludes halogenated alkanes) is 1. The number of hydrogen-bond donors (Lipinski definition) is 0. The van der Waals surface area contributed by atoms with Crippen molar-refractivity contribution in [1.29, 1.82) is 0 Å². The van der Waals surface area contributed by atoms with E-state index in [9.17, 15) is 4.39 Å². The van der Waals surface area contributed by atoms with Gasteiger partial charge in [-0.1, -0.05) is 75.5 Å². The fourth-order valence-electron chi connectivity index (χ4n) is 2.12. The van der Waals surface area contributed by atoms with Crippen molar-refractivity contribution in [2.24, 2.45) is 0 Å². The van der Waals surface area contributed by atoms with Crippen LogP contribution in [0.5, 0.6) is 0 Å². The van der Waals surface area contributed by atoms with Crippen LogP contribution in [-0.4, -0.2) is 0 Å². The van der Waals surface area contributed by atoms with Gasteiger partial charge in [0, 0.05) is 10.0 Å². The van der Waals surface area contributed by atoms with Crippen LogP contribution < -0.4 is 0 Å². The molecule has 0 aliphatic carbocycles. The Kier molecular flexibility index (Phi) is 5.79. The summed E-state index contributed by atoms with van der Waals surface area (Å²) in [7, 11) is 0. The summed E-state index contributed by atoms with van der Waals surface area (Å²) < 4.78 is 14.7. The second kappa shape index (κ2) is 7.37. The lowest BCUT2D eigenvalue weighted by molar-refractivity contribution is 0.612. The van der Waals surface area contributed by atoms with Crippen molar-refractivity contribution in [2.75, 3.05) is 0 Å². The van der Waals surface area contributed by atoms with E-state index in [2.05, 4.69) is 63.0 Å². The molecule has 0 amide bonds. The highest BCUT2D eigenvalue weighted by molar-refractivity contribution is 9.10. The third-order valence-corrected chi connectivity index (χ3v) is 4.84. The summed E-state index contributed by atoms with van der Waals surface area (Å²) in [5.74, 6) is -0.198.